The minimum Gasteiger partial charge on any atom is -0.475 e. The molecule has 0 unspecified atom stereocenters. The molecular formula is C24H25N6O2+. The van der Waals surface area contributed by atoms with Gasteiger partial charge in [0, 0.05) is 12.0 Å². The van der Waals surface area contributed by atoms with Crippen LogP contribution in [-0.4, -0.2) is 36.7 Å². The Labute approximate surface area is 185 Å². The van der Waals surface area contributed by atoms with Crippen molar-refractivity contribution in [1.29, 1.82) is 0 Å². The van der Waals surface area contributed by atoms with Crippen molar-refractivity contribution < 1.29 is 14.5 Å². The van der Waals surface area contributed by atoms with Gasteiger partial charge in [-0.3, -0.25) is 0 Å². The van der Waals surface area contributed by atoms with E-state index in [4.69, 9.17) is 0 Å². The highest BCUT2D eigenvalue weighted by molar-refractivity contribution is 5.89. The number of hydrogen-bond donors (Lipinski definition) is 3. The Morgan fingerprint density at radius 2 is 1.84 bits per heavy atom. The Hall–Kier alpha value is -4.07. The molecule has 0 atom stereocenters. The van der Waals surface area contributed by atoms with Gasteiger partial charge in [0.05, 0.1) is 0 Å². The van der Waals surface area contributed by atoms with Crippen molar-refractivity contribution in [2.75, 3.05) is 0 Å². The lowest BCUT2D eigenvalue weighted by molar-refractivity contribution is -0.696. The number of carboxylic acid groups (broad SMARTS) is 1. The number of carboxylic acids is 1. The third kappa shape index (κ3) is 4.07. The molecule has 0 aliphatic heterocycles. The molecule has 4 aromatic rings. The molecule has 0 aliphatic rings. The lowest BCUT2D eigenvalue weighted by Crippen LogP contribution is -2.42. The van der Waals surface area contributed by atoms with Crippen molar-refractivity contribution in [3.05, 3.63) is 77.9 Å². The van der Waals surface area contributed by atoms with E-state index in [-0.39, 0.29) is 5.69 Å². The number of aryl methyl sites for hydroxylation is 1. The van der Waals surface area contributed by atoms with Gasteiger partial charge in [0.15, 0.2) is 5.69 Å². The molecule has 0 radical (unpaired) electrons. The predicted molar refractivity (Wildman–Crippen MR) is 121 cm³/mol. The average Bonchev–Trinajstić information content (AvgIpc) is 3.44. The predicted octanol–water partition coefficient (Wildman–Crippen LogP) is 3.88. The van der Waals surface area contributed by atoms with Crippen LogP contribution in [0.5, 0.6) is 0 Å². The largest absolute Gasteiger partial charge is 0.475 e. The molecule has 8 heteroatoms. The standard InChI is InChI=1S/C24H24N6O2/c1-4-7-20-25-21(15(2)3)22(24(31)32)30(20)14-16-10-12-17(13-11-16)18-8-5-6-9-19(18)23-26-28-29-27-23/h5-6,8-13H,2,4,7,14H2,1,3H3,(H2,26,27,28,29,31,32)/p+1. The molecule has 32 heavy (non-hydrogen) atoms. The van der Waals surface area contributed by atoms with E-state index in [0.29, 0.717) is 23.6 Å². The van der Waals surface area contributed by atoms with E-state index in [1.807, 2.05) is 60.0 Å². The van der Waals surface area contributed by atoms with Crippen molar-refractivity contribution in [3.8, 4) is 22.5 Å². The minimum absolute atomic E-state index is 0.243. The number of rotatable bonds is 8. The number of imidazole rings is 1. The van der Waals surface area contributed by atoms with Crippen LogP contribution in [-0.2, 0) is 13.0 Å². The van der Waals surface area contributed by atoms with Crippen molar-refractivity contribution >= 4 is 11.5 Å². The number of H-pyrrole nitrogens is 2. The van der Waals surface area contributed by atoms with Crippen LogP contribution in [0.15, 0.2) is 55.1 Å². The SMILES string of the molecule is C=C(C)c1[nH]c(CCC)[n+](Cc2ccc(-c3ccccc3-c3nn[nH]n3)cc2)c1C(=O)O. The number of aromatic nitrogens is 6. The maximum atomic E-state index is 12.0. The van der Waals surface area contributed by atoms with Crippen LogP contribution >= 0.6 is 0 Å². The first-order valence-electron chi connectivity index (χ1n) is 10.5. The molecule has 0 saturated heterocycles. The lowest BCUT2D eigenvalue weighted by Gasteiger charge is -2.08. The fourth-order valence-corrected chi connectivity index (χ4v) is 3.86. The zero-order chi connectivity index (χ0) is 22.7. The molecule has 0 aliphatic carbocycles. The Bertz CT molecular complexity index is 1260. The molecule has 4 rings (SSSR count). The number of aromatic amines is 2. The first kappa shape index (κ1) is 21.2. The van der Waals surface area contributed by atoms with Crippen LogP contribution < -0.4 is 4.57 Å². The molecule has 162 valence electrons. The third-order valence-corrected chi connectivity index (χ3v) is 5.34. The maximum absolute atomic E-state index is 12.0. The summed E-state index contributed by atoms with van der Waals surface area (Å²) in [6, 6.07) is 16.0. The van der Waals surface area contributed by atoms with Crippen molar-refractivity contribution in [2.24, 2.45) is 0 Å². The van der Waals surface area contributed by atoms with E-state index < -0.39 is 5.97 Å². The molecule has 0 bridgehead atoms. The molecule has 0 spiro atoms. The molecule has 3 N–H and O–H groups in total. The summed E-state index contributed by atoms with van der Waals surface area (Å²) in [5.41, 5.74) is 5.42. The van der Waals surface area contributed by atoms with Gasteiger partial charge in [0.1, 0.15) is 6.54 Å². The second-order valence-electron chi connectivity index (χ2n) is 7.69. The Balaban J connectivity index is 1.69. The highest BCUT2D eigenvalue weighted by Crippen LogP contribution is 2.29. The van der Waals surface area contributed by atoms with E-state index >= 15 is 0 Å². The second kappa shape index (κ2) is 8.97. The summed E-state index contributed by atoms with van der Waals surface area (Å²) in [7, 11) is 0. The van der Waals surface area contributed by atoms with Gasteiger partial charge in [0.25, 0.3) is 11.5 Å². The van der Waals surface area contributed by atoms with E-state index in [0.717, 1.165) is 40.9 Å². The maximum Gasteiger partial charge on any atom is 0.380 e. The first-order chi connectivity index (χ1) is 15.5. The molecular weight excluding hydrogens is 404 g/mol. The van der Waals surface area contributed by atoms with Gasteiger partial charge >= 0.3 is 5.97 Å². The number of nitrogens with one attached hydrogen (secondary N) is 2. The summed E-state index contributed by atoms with van der Waals surface area (Å²) in [6.07, 6.45) is 1.66. The minimum atomic E-state index is -0.965. The van der Waals surface area contributed by atoms with Crippen LogP contribution in [0.1, 0.15) is 47.8 Å². The first-order valence-corrected chi connectivity index (χ1v) is 10.5. The van der Waals surface area contributed by atoms with Crippen LogP contribution in [0, 0.1) is 0 Å². The summed E-state index contributed by atoms with van der Waals surface area (Å²) in [6.45, 7) is 8.28. The van der Waals surface area contributed by atoms with Crippen LogP contribution in [0.25, 0.3) is 28.1 Å². The summed E-state index contributed by atoms with van der Waals surface area (Å²) < 4.78 is 1.85. The van der Waals surface area contributed by atoms with Gasteiger partial charge in [-0.2, -0.15) is 5.21 Å². The summed E-state index contributed by atoms with van der Waals surface area (Å²) in [5, 5.41) is 24.2. The summed E-state index contributed by atoms with van der Waals surface area (Å²) in [4.78, 5) is 15.3. The number of nitrogens with zero attached hydrogens (tertiary/aromatic N) is 4. The fraction of sp³-hybridized carbons (Fsp3) is 0.208. The average molecular weight is 430 g/mol. The summed E-state index contributed by atoms with van der Waals surface area (Å²) in [5.74, 6) is 0.455. The normalized spacial score (nSPS) is 10.9. The molecule has 8 nitrogen and oxygen atoms in total. The van der Waals surface area contributed by atoms with Gasteiger partial charge in [-0.05, 0) is 40.8 Å². The van der Waals surface area contributed by atoms with Gasteiger partial charge < -0.3 is 5.11 Å². The van der Waals surface area contributed by atoms with Crippen molar-refractivity contribution in [3.63, 3.8) is 0 Å². The zero-order valence-electron chi connectivity index (χ0n) is 18.1. The van der Waals surface area contributed by atoms with Crippen molar-refractivity contribution in [1.82, 2.24) is 25.6 Å². The Morgan fingerprint density at radius 3 is 2.44 bits per heavy atom. The van der Waals surface area contributed by atoms with Crippen LogP contribution in [0.4, 0.5) is 0 Å². The van der Waals surface area contributed by atoms with Gasteiger partial charge in [0.2, 0.25) is 5.82 Å². The number of aromatic carboxylic acids is 1. The molecule has 2 aromatic heterocycles. The van der Waals surface area contributed by atoms with E-state index in [9.17, 15) is 9.90 Å². The Kier molecular flexibility index (Phi) is 5.93. The zero-order valence-corrected chi connectivity index (χ0v) is 18.1. The lowest BCUT2D eigenvalue weighted by atomic mass is 9.98. The molecule has 2 aromatic carbocycles. The monoisotopic (exact) mass is 429 g/mol. The van der Waals surface area contributed by atoms with E-state index in [2.05, 4.69) is 39.1 Å². The van der Waals surface area contributed by atoms with Gasteiger partial charge in [-0.25, -0.2) is 14.3 Å². The third-order valence-electron chi connectivity index (χ3n) is 5.34. The fourth-order valence-electron chi connectivity index (χ4n) is 3.86. The van der Waals surface area contributed by atoms with E-state index in [1.54, 1.807) is 0 Å². The molecule has 0 amide bonds. The van der Waals surface area contributed by atoms with Crippen LogP contribution in [0.2, 0.25) is 0 Å². The quantitative estimate of drug-likeness (QED) is 0.368. The topological polar surface area (TPSA) is 111 Å². The van der Waals surface area contributed by atoms with E-state index in [1.165, 1.54) is 0 Å². The number of benzene rings is 2. The molecule has 2 heterocycles. The summed E-state index contributed by atoms with van der Waals surface area (Å²) >= 11 is 0. The number of tetrazole rings is 1. The van der Waals surface area contributed by atoms with Crippen molar-refractivity contribution in [2.45, 2.75) is 33.2 Å². The highest BCUT2D eigenvalue weighted by Gasteiger charge is 2.30. The smallest absolute Gasteiger partial charge is 0.380 e. The molecule has 0 saturated carbocycles. The number of hydrogen-bond acceptors (Lipinski definition) is 4. The van der Waals surface area contributed by atoms with Crippen LogP contribution in [0.3, 0.4) is 0 Å². The molecule has 0 fully saturated rings. The van der Waals surface area contributed by atoms with Gasteiger partial charge in [-0.15, -0.1) is 10.2 Å². The Morgan fingerprint density at radius 1 is 1.12 bits per heavy atom. The van der Waals surface area contributed by atoms with Gasteiger partial charge in [-0.1, -0.05) is 62.0 Å². The number of allylic oxidation sites excluding steroid dienone is 1. The number of carbonyl (C=O) groups is 1. The highest BCUT2D eigenvalue weighted by atomic mass is 16.4. The second-order valence-corrected chi connectivity index (χ2v) is 7.69.